The van der Waals surface area contributed by atoms with Gasteiger partial charge in [0.1, 0.15) is 0 Å². The Hall–Kier alpha value is -1.49. The van der Waals surface area contributed by atoms with Gasteiger partial charge in [0, 0.05) is 25.6 Å². The van der Waals surface area contributed by atoms with Crippen LogP contribution in [-0.2, 0) is 4.79 Å². The molecule has 1 saturated heterocycles. The van der Waals surface area contributed by atoms with Crippen LogP contribution in [0.3, 0.4) is 0 Å². The molecule has 1 fully saturated rings. The van der Waals surface area contributed by atoms with Crippen LogP contribution in [0.25, 0.3) is 0 Å². The van der Waals surface area contributed by atoms with E-state index < -0.39 is 17.7 Å². The molecule has 1 aromatic carbocycles. The molecular formula is C15H20F2N2O. The van der Waals surface area contributed by atoms with Crippen molar-refractivity contribution >= 4 is 5.91 Å². The van der Waals surface area contributed by atoms with Crippen LogP contribution in [0.4, 0.5) is 8.78 Å². The average Bonchev–Trinajstić information content (AvgIpc) is 2.74. The van der Waals surface area contributed by atoms with Crippen molar-refractivity contribution in [3.63, 3.8) is 0 Å². The molecule has 1 heterocycles. The summed E-state index contributed by atoms with van der Waals surface area (Å²) in [6.07, 6.45) is 0.544. The Morgan fingerprint density at radius 1 is 1.35 bits per heavy atom. The van der Waals surface area contributed by atoms with Crippen LogP contribution in [-0.4, -0.2) is 23.9 Å². The Kier molecular flexibility index (Phi) is 4.38. The number of carbonyl (C=O) groups excluding carboxylic acids is 1. The highest BCUT2D eigenvalue weighted by molar-refractivity contribution is 5.78. The number of nitrogens with two attached hydrogens (primary N) is 1. The summed E-state index contributed by atoms with van der Waals surface area (Å²) in [6, 6.07) is 3.12. The maximum atomic E-state index is 13.2. The van der Waals surface area contributed by atoms with Gasteiger partial charge in [-0.15, -0.1) is 0 Å². The van der Waals surface area contributed by atoms with Crippen LogP contribution < -0.4 is 5.73 Å². The standard InChI is InChI=1S/C15H20F2N2O/c1-9(2)11-6-15(20)19(7-11)8-14(18)10-3-4-12(16)13(17)5-10/h3-5,9,11,14H,6-8,18H2,1-2H3. The van der Waals surface area contributed by atoms with Crippen molar-refractivity contribution in [2.45, 2.75) is 26.3 Å². The monoisotopic (exact) mass is 282 g/mol. The Labute approximate surface area is 117 Å². The average molecular weight is 282 g/mol. The summed E-state index contributed by atoms with van der Waals surface area (Å²) >= 11 is 0. The molecule has 0 saturated carbocycles. The number of rotatable bonds is 4. The first-order valence-corrected chi connectivity index (χ1v) is 6.86. The summed E-state index contributed by atoms with van der Waals surface area (Å²) in [5.74, 6) is -0.923. The molecule has 0 spiro atoms. The number of hydrogen-bond donors (Lipinski definition) is 1. The maximum absolute atomic E-state index is 13.2. The van der Waals surface area contributed by atoms with E-state index in [0.717, 1.165) is 12.1 Å². The van der Waals surface area contributed by atoms with Gasteiger partial charge in [0.15, 0.2) is 11.6 Å². The molecule has 3 nitrogen and oxygen atoms in total. The summed E-state index contributed by atoms with van der Waals surface area (Å²) in [4.78, 5) is 13.6. The molecule has 2 rings (SSSR count). The normalized spacial score (nSPS) is 20.8. The third-order valence-corrected chi connectivity index (χ3v) is 3.98. The van der Waals surface area contributed by atoms with E-state index in [-0.39, 0.29) is 5.91 Å². The molecule has 20 heavy (non-hydrogen) atoms. The van der Waals surface area contributed by atoms with E-state index in [9.17, 15) is 13.6 Å². The number of benzene rings is 1. The molecule has 0 bridgehead atoms. The second-order valence-corrected chi connectivity index (χ2v) is 5.79. The molecule has 5 heteroatoms. The highest BCUT2D eigenvalue weighted by Crippen LogP contribution is 2.26. The van der Waals surface area contributed by atoms with Crippen LogP contribution in [0.1, 0.15) is 31.9 Å². The van der Waals surface area contributed by atoms with Crippen molar-refractivity contribution in [2.24, 2.45) is 17.6 Å². The molecule has 2 N–H and O–H groups in total. The SMILES string of the molecule is CC(C)C1CC(=O)N(CC(N)c2ccc(F)c(F)c2)C1. The zero-order valence-electron chi connectivity index (χ0n) is 11.8. The van der Waals surface area contributed by atoms with Gasteiger partial charge in [0.25, 0.3) is 0 Å². The van der Waals surface area contributed by atoms with E-state index in [2.05, 4.69) is 13.8 Å². The number of carbonyl (C=O) groups is 1. The van der Waals surface area contributed by atoms with Crippen LogP contribution in [0.5, 0.6) is 0 Å². The molecular weight excluding hydrogens is 262 g/mol. The minimum absolute atomic E-state index is 0.0849. The number of amides is 1. The number of hydrogen-bond acceptors (Lipinski definition) is 2. The maximum Gasteiger partial charge on any atom is 0.222 e. The minimum atomic E-state index is -0.911. The third kappa shape index (κ3) is 3.15. The molecule has 0 aliphatic carbocycles. The van der Waals surface area contributed by atoms with Crippen molar-refractivity contribution in [1.82, 2.24) is 4.90 Å². The number of nitrogens with zero attached hydrogens (tertiary/aromatic N) is 1. The van der Waals surface area contributed by atoms with Gasteiger partial charge in [-0.3, -0.25) is 4.79 Å². The summed E-state index contributed by atoms with van der Waals surface area (Å²) in [5.41, 5.74) is 6.50. The molecule has 1 aromatic rings. The van der Waals surface area contributed by atoms with E-state index >= 15 is 0 Å². The first kappa shape index (κ1) is 14.9. The second-order valence-electron chi connectivity index (χ2n) is 5.79. The van der Waals surface area contributed by atoms with Gasteiger partial charge in [-0.05, 0) is 29.5 Å². The molecule has 0 radical (unpaired) electrons. The van der Waals surface area contributed by atoms with Gasteiger partial charge in [0.2, 0.25) is 5.91 Å². The predicted molar refractivity (Wildman–Crippen MR) is 72.8 cm³/mol. The van der Waals surface area contributed by atoms with Gasteiger partial charge in [0.05, 0.1) is 0 Å². The Morgan fingerprint density at radius 2 is 2.05 bits per heavy atom. The van der Waals surface area contributed by atoms with E-state index in [4.69, 9.17) is 5.73 Å². The quantitative estimate of drug-likeness (QED) is 0.922. The summed E-state index contributed by atoms with van der Waals surface area (Å²) < 4.78 is 26.1. The third-order valence-electron chi connectivity index (χ3n) is 3.98. The molecule has 2 atom stereocenters. The fraction of sp³-hybridized carbons (Fsp3) is 0.533. The lowest BCUT2D eigenvalue weighted by Gasteiger charge is -2.22. The molecule has 0 aromatic heterocycles. The lowest BCUT2D eigenvalue weighted by molar-refractivity contribution is -0.128. The van der Waals surface area contributed by atoms with E-state index in [1.807, 2.05) is 0 Å². The fourth-order valence-electron chi connectivity index (χ4n) is 2.51. The van der Waals surface area contributed by atoms with Gasteiger partial charge >= 0.3 is 0 Å². The first-order chi connectivity index (χ1) is 9.38. The fourth-order valence-corrected chi connectivity index (χ4v) is 2.51. The van der Waals surface area contributed by atoms with Crippen LogP contribution in [0, 0.1) is 23.5 Å². The van der Waals surface area contributed by atoms with Gasteiger partial charge in [-0.2, -0.15) is 0 Å². The molecule has 1 aliphatic heterocycles. The first-order valence-electron chi connectivity index (χ1n) is 6.86. The molecule has 2 unspecified atom stereocenters. The number of halogens is 2. The lowest BCUT2D eigenvalue weighted by atomic mass is 9.95. The van der Waals surface area contributed by atoms with Crippen molar-refractivity contribution in [2.75, 3.05) is 13.1 Å². The van der Waals surface area contributed by atoms with E-state index in [1.165, 1.54) is 6.07 Å². The Balaban J connectivity index is 2.02. The Morgan fingerprint density at radius 3 is 2.60 bits per heavy atom. The summed E-state index contributed by atoms with van der Waals surface area (Å²) in [6.45, 7) is 5.22. The molecule has 1 aliphatic rings. The zero-order valence-corrected chi connectivity index (χ0v) is 11.8. The van der Waals surface area contributed by atoms with E-state index in [0.29, 0.717) is 36.9 Å². The van der Waals surface area contributed by atoms with Crippen LogP contribution in [0.15, 0.2) is 18.2 Å². The van der Waals surface area contributed by atoms with Crippen LogP contribution in [0.2, 0.25) is 0 Å². The predicted octanol–water partition coefficient (Wildman–Crippen LogP) is 2.47. The Bertz CT molecular complexity index is 505. The topological polar surface area (TPSA) is 46.3 Å². The van der Waals surface area contributed by atoms with Crippen molar-refractivity contribution in [3.05, 3.63) is 35.4 Å². The smallest absolute Gasteiger partial charge is 0.222 e. The van der Waals surface area contributed by atoms with Gasteiger partial charge in [-0.1, -0.05) is 19.9 Å². The lowest BCUT2D eigenvalue weighted by Crippen LogP contribution is -2.33. The highest BCUT2D eigenvalue weighted by atomic mass is 19.2. The minimum Gasteiger partial charge on any atom is -0.340 e. The van der Waals surface area contributed by atoms with Crippen molar-refractivity contribution in [1.29, 1.82) is 0 Å². The van der Waals surface area contributed by atoms with Gasteiger partial charge in [-0.25, -0.2) is 8.78 Å². The summed E-state index contributed by atoms with van der Waals surface area (Å²) in [7, 11) is 0. The zero-order chi connectivity index (χ0) is 14.9. The van der Waals surface area contributed by atoms with Crippen molar-refractivity contribution in [3.8, 4) is 0 Å². The largest absolute Gasteiger partial charge is 0.340 e. The molecule has 1 amide bonds. The van der Waals surface area contributed by atoms with Crippen molar-refractivity contribution < 1.29 is 13.6 Å². The van der Waals surface area contributed by atoms with E-state index in [1.54, 1.807) is 4.90 Å². The van der Waals surface area contributed by atoms with Crippen LogP contribution >= 0.6 is 0 Å². The number of likely N-dealkylation sites (tertiary alicyclic amines) is 1. The summed E-state index contributed by atoms with van der Waals surface area (Å²) in [5, 5.41) is 0. The van der Waals surface area contributed by atoms with Gasteiger partial charge < -0.3 is 10.6 Å². The molecule has 110 valence electrons. The second kappa shape index (κ2) is 5.87. The highest BCUT2D eigenvalue weighted by Gasteiger charge is 2.32.